The number of rotatable bonds is 4. The molecule has 0 atom stereocenters. The van der Waals surface area contributed by atoms with Crippen LogP contribution in [0.4, 0.5) is 0 Å². The summed E-state index contributed by atoms with van der Waals surface area (Å²) in [7, 11) is 0. The van der Waals surface area contributed by atoms with E-state index in [2.05, 4.69) is 12.1 Å². The molecule has 1 fully saturated rings. The minimum absolute atomic E-state index is 0.0958. The standard InChI is InChI=1S/C18H21NO2/c20-16-9-11-19(12-10-16)14-15-5-4-8-18(13-15)21-17-6-2-1-3-7-17/h1-8,13,16,20H,9-12,14H2/p+1. The number of piperidine rings is 1. The second-order valence-electron chi connectivity index (χ2n) is 5.72. The van der Waals surface area contributed by atoms with Crippen LogP contribution in [0.25, 0.3) is 0 Å². The zero-order valence-electron chi connectivity index (χ0n) is 12.2. The smallest absolute Gasteiger partial charge is 0.127 e. The van der Waals surface area contributed by atoms with Gasteiger partial charge in [0.2, 0.25) is 0 Å². The van der Waals surface area contributed by atoms with Gasteiger partial charge in [-0.15, -0.1) is 0 Å². The highest BCUT2D eigenvalue weighted by molar-refractivity contribution is 5.33. The molecule has 1 aliphatic rings. The first-order valence-electron chi connectivity index (χ1n) is 7.63. The Morgan fingerprint density at radius 1 is 0.952 bits per heavy atom. The van der Waals surface area contributed by atoms with Crippen LogP contribution in [0.2, 0.25) is 0 Å². The third kappa shape index (κ3) is 4.06. The number of ether oxygens (including phenoxy) is 1. The van der Waals surface area contributed by atoms with E-state index in [4.69, 9.17) is 4.74 Å². The molecule has 0 amide bonds. The maximum Gasteiger partial charge on any atom is 0.127 e. The molecule has 3 rings (SSSR count). The summed E-state index contributed by atoms with van der Waals surface area (Å²) in [5.41, 5.74) is 1.29. The molecule has 1 aliphatic heterocycles. The first kappa shape index (κ1) is 14.1. The highest BCUT2D eigenvalue weighted by Gasteiger charge is 2.20. The normalized spacial score (nSPS) is 22.0. The summed E-state index contributed by atoms with van der Waals surface area (Å²) in [6, 6.07) is 18.2. The average Bonchev–Trinajstić information content (AvgIpc) is 2.51. The summed E-state index contributed by atoms with van der Waals surface area (Å²) in [5.74, 6) is 1.75. The van der Waals surface area contributed by atoms with E-state index in [-0.39, 0.29) is 6.10 Å². The Labute approximate surface area is 125 Å². The van der Waals surface area contributed by atoms with Crippen LogP contribution in [0, 0.1) is 0 Å². The first-order chi connectivity index (χ1) is 10.3. The number of quaternary nitrogens is 1. The van der Waals surface area contributed by atoms with Gasteiger partial charge < -0.3 is 14.7 Å². The van der Waals surface area contributed by atoms with Crippen molar-refractivity contribution in [3.63, 3.8) is 0 Å². The first-order valence-corrected chi connectivity index (χ1v) is 7.63. The molecular weight excluding hydrogens is 262 g/mol. The third-order valence-corrected chi connectivity index (χ3v) is 3.99. The highest BCUT2D eigenvalue weighted by atomic mass is 16.5. The van der Waals surface area contributed by atoms with Crippen LogP contribution in [0.3, 0.4) is 0 Å². The largest absolute Gasteiger partial charge is 0.457 e. The minimum atomic E-state index is -0.0958. The highest BCUT2D eigenvalue weighted by Crippen LogP contribution is 2.21. The number of para-hydroxylation sites is 1. The van der Waals surface area contributed by atoms with Gasteiger partial charge in [-0.1, -0.05) is 30.3 Å². The molecular formula is C18H22NO2+. The fourth-order valence-electron chi connectivity index (χ4n) is 2.82. The second-order valence-corrected chi connectivity index (χ2v) is 5.72. The van der Waals surface area contributed by atoms with Crippen molar-refractivity contribution in [2.24, 2.45) is 0 Å². The minimum Gasteiger partial charge on any atom is -0.457 e. The molecule has 3 nitrogen and oxygen atoms in total. The molecule has 0 saturated carbocycles. The van der Waals surface area contributed by atoms with Gasteiger partial charge in [-0.25, -0.2) is 0 Å². The van der Waals surface area contributed by atoms with E-state index in [0.717, 1.165) is 44.0 Å². The Hall–Kier alpha value is -1.84. The quantitative estimate of drug-likeness (QED) is 0.900. The molecule has 0 spiro atoms. The average molecular weight is 284 g/mol. The van der Waals surface area contributed by atoms with Crippen molar-refractivity contribution in [2.75, 3.05) is 13.1 Å². The molecule has 0 bridgehead atoms. The number of nitrogens with one attached hydrogen (secondary N) is 1. The Bertz CT molecular complexity index is 562. The summed E-state index contributed by atoms with van der Waals surface area (Å²) in [6.45, 7) is 3.09. The molecule has 0 radical (unpaired) electrons. The van der Waals surface area contributed by atoms with Crippen LogP contribution in [0.1, 0.15) is 18.4 Å². The number of benzene rings is 2. The van der Waals surface area contributed by atoms with Gasteiger partial charge in [0.25, 0.3) is 0 Å². The van der Waals surface area contributed by atoms with Gasteiger partial charge in [0.15, 0.2) is 0 Å². The molecule has 2 aromatic carbocycles. The molecule has 2 aromatic rings. The molecule has 0 aliphatic carbocycles. The third-order valence-electron chi connectivity index (χ3n) is 3.99. The van der Waals surface area contributed by atoms with E-state index in [0.29, 0.717) is 0 Å². The fourth-order valence-corrected chi connectivity index (χ4v) is 2.82. The van der Waals surface area contributed by atoms with Gasteiger partial charge in [-0.2, -0.15) is 0 Å². The van der Waals surface area contributed by atoms with Crippen molar-refractivity contribution >= 4 is 0 Å². The summed E-state index contributed by atoms with van der Waals surface area (Å²) < 4.78 is 5.88. The van der Waals surface area contributed by atoms with Gasteiger partial charge in [0.1, 0.15) is 18.0 Å². The van der Waals surface area contributed by atoms with Crippen molar-refractivity contribution in [3.05, 3.63) is 60.2 Å². The summed E-state index contributed by atoms with van der Waals surface area (Å²) in [6.07, 6.45) is 1.73. The van der Waals surface area contributed by atoms with Crippen LogP contribution < -0.4 is 9.64 Å². The zero-order chi connectivity index (χ0) is 14.5. The van der Waals surface area contributed by atoms with Crippen LogP contribution in [0.5, 0.6) is 11.5 Å². The van der Waals surface area contributed by atoms with Gasteiger partial charge >= 0.3 is 0 Å². The zero-order valence-corrected chi connectivity index (χ0v) is 12.2. The number of hydrogen-bond acceptors (Lipinski definition) is 2. The lowest BCUT2D eigenvalue weighted by atomic mass is 10.1. The Kier molecular flexibility index (Phi) is 4.53. The van der Waals surface area contributed by atoms with Crippen LogP contribution in [-0.4, -0.2) is 24.3 Å². The summed E-state index contributed by atoms with van der Waals surface area (Å²) >= 11 is 0. The topological polar surface area (TPSA) is 33.9 Å². The van der Waals surface area contributed by atoms with Gasteiger partial charge in [0.05, 0.1) is 19.2 Å². The maximum atomic E-state index is 9.57. The number of likely N-dealkylation sites (tertiary alicyclic amines) is 1. The molecule has 21 heavy (non-hydrogen) atoms. The molecule has 0 aromatic heterocycles. The van der Waals surface area contributed by atoms with E-state index < -0.39 is 0 Å². The number of aliphatic hydroxyl groups excluding tert-OH is 1. The Balaban J connectivity index is 1.63. The molecule has 0 unspecified atom stereocenters. The lowest BCUT2D eigenvalue weighted by Crippen LogP contribution is -3.12. The fraction of sp³-hybridized carbons (Fsp3) is 0.333. The lowest BCUT2D eigenvalue weighted by molar-refractivity contribution is -0.919. The second kappa shape index (κ2) is 6.74. The summed E-state index contributed by atoms with van der Waals surface area (Å²) in [4.78, 5) is 1.54. The molecule has 110 valence electrons. The van der Waals surface area contributed by atoms with Crippen molar-refractivity contribution in [1.82, 2.24) is 0 Å². The van der Waals surface area contributed by atoms with Gasteiger partial charge in [-0.05, 0) is 24.3 Å². The Morgan fingerprint density at radius 2 is 1.67 bits per heavy atom. The predicted molar refractivity (Wildman–Crippen MR) is 82.6 cm³/mol. The van der Waals surface area contributed by atoms with Gasteiger partial charge in [0, 0.05) is 18.4 Å². The van der Waals surface area contributed by atoms with Crippen LogP contribution in [-0.2, 0) is 6.54 Å². The molecule has 1 heterocycles. The van der Waals surface area contributed by atoms with Crippen molar-refractivity contribution in [2.45, 2.75) is 25.5 Å². The van der Waals surface area contributed by atoms with Crippen molar-refractivity contribution in [3.8, 4) is 11.5 Å². The molecule has 2 N–H and O–H groups in total. The van der Waals surface area contributed by atoms with E-state index in [1.165, 1.54) is 10.5 Å². The van der Waals surface area contributed by atoms with E-state index in [1.54, 1.807) is 0 Å². The van der Waals surface area contributed by atoms with E-state index in [9.17, 15) is 5.11 Å². The predicted octanol–water partition coefficient (Wildman–Crippen LogP) is 2.02. The molecule has 3 heteroatoms. The van der Waals surface area contributed by atoms with E-state index in [1.807, 2.05) is 42.5 Å². The van der Waals surface area contributed by atoms with Crippen LogP contribution >= 0.6 is 0 Å². The Morgan fingerprint density at radius 3 is 2.43 bits per heavy atom. The van der Waals surface area contributed by atoms with Gasteiger partial charge in [-0.3, -0.25) is 0 Å². The van der Waals surface area contributed by atoms with Crippen molar-refractivity contribution < 1.29 is 14.7 Å². The van der Waals surface area contributed by atoms with Crippen molar-refractivity contribution in [1.29, 1.82) is 0 Å². The maximum absolute atomic E-state index is 9.57. The monoisotopic (exact) mass is 284 g/mol. The lowest BCUT2D eigenvalue weighted by Gasteiger charge is -2.26. The van der Waals surface area contributed by atoms with E-state index >= 15 is 0 Å². The SMILES string of the molecule is OC1CC[NH+](Cc2cccc(Oc3ccccc3)c2)CC1. The van der Waals surface area contributed by atoms with Crippen LogP contribution in [0.15, 0.2) is 54.6 Å². The number of aliphatic hydroxyl groups is 1. The summed E-state index contributed by atoms with van der Waals surface area (Å²) in [5, 5.41) is 9.57. The molecule has 1 saturated heterocycles. The number of hydrogen-bond donors (Lipinski definition) is 2.